The summed E-state index contributed by atoms with van der Waals surface area (Å²) in [5.41, 5.74) is 0.540. The Labute approximate surface area is 135 Å². The highest BCUT2D eigenvalue weighted by molar-refractivity contribution is 14.1. The van der Waals surface area contributed by atoms with Crippen LogP contribution in [0.4, 0.5) is 10.5 Å². The minimum atomic E-state index is -0.887. The second-order valence-electron chi connectivity index (χ2n) is 4.64. The van der Waals surface area contributed by atoms with Crippen molar-refractivity contribution in [3.63, 3.8) is 0 Å². The number of hydrogen-bond acceptors (Lipinski definition) is 2. The van der Waals surface area contributed by atoms with Gasteiger partial charge in [-0.25, -0.2) is 4.79 Å². The van der Waals surface area contributed by atoms with E-state index in [2.05, 4.69) is 27.9 Å². The molecule has 20 heavy (non-hydrogen) atoms. The Kier molecular flexibility index (Phi) is 5.09. The highest BCUT2D eigenvalue weighted by atomic mass is 127. The number of rotatable bonds is 3. The summed E-state index contributed by atoms with van der Waals surface area (Å²) in [5.74, 6) is -0.887. The number of nitrogens with one attached hydrogen (secondary N) is 1. The van der Waals surface area contributed by atoms with Crippen molar-refractivity contribution in [2.45, 2.75) is 25.3 Å². The Bertz CT molecular complexity index is 538. The number of aliphatic carboxylic acids is 1. The van der Waals surface area contributed by atoms with Gasteiger partial charge in [0.2, 0.25) is 0 Å². The van der Waals surface area contributed by atoms with E-state index in [0.29, 0.717) is 17.3 Å². The third kappa shape index (κ3) is 3.76. The number of nitrogens with zero attached hydrogens (tertiary/aromatic N) is 1. The maximum absolute atomic E-state index is 12.2. The molecule has 1 aromatic carbocycles. The number of anilines is 1. The van der Waals surface area contributed by atoms with Crippen molar-refractivity contribution in [2.75, 3.05) is 11.9 Å². The van der Waals surface area contributed by atoms with Gasteiger partial charge < -0.3 is 15.3 Å². The first-order chi connectivity index (χ1) is 9.47. The first kappa shape index (κ1) is 15.4. The fourth-order valence-electron chi connectivity index (χ4n) is 2.29. The largest absolute Gasteiger partial charge is 0.481 e. The summed E-state index contributed by atoms with van der Waals surface area (Å²) in [6, 6.07) is 4.81. The number of likely N-dealkylation sites (tertiary alicyclic amines) is 1. The first-order valence-electron chi connectivity index (χ1n) is 6.22. The molecule has 1 atom stereocenters. The van der Waals surface area contributed by atoms with Gasteiger partial charge in [0.25, 0.3) is 0 Å². The molecule has 1 aliphatic heterocycles. The third-order valence-corrected chi connectivity index (χ3v) is 4.20. The second-order valence-corrected chi connectivity index (χ2v) is 6.29. The van der Waals surface area contributed by atoms with Crippen LogP contribution in [0.1, 0.15) is 19.3 Å². The van der Waals surface area contributed by atoms with Crippen LogP contribution in [-0.4, -0.2) is 34.6 Å². The third-order valence-electron chi connectivity index (χ3n) is 3.22. The van der Waals surface area contributed by atoms with Gasteiger partial charge in [-0.3, -0.25) is 4.79 Å². The zero-order valence-corrected chi connectivity index (χ0v) is 13.5. The van der Waals surface area contributed by atoms with Crippen LogP contribution in [0.15, 0.2) is 18.2 Å². The van der Waals surface area contributed by atoms with Crippen LogP contribution < -0.4 is 5.32 Å². The summed E-state index contributed by atoms with van der Waals surface area (Å²) in [5, 5.41) is 12.1. The number of benzene rings is 1. The first-order valence-corrected chi connectivity index (χ1v) is 7.67. The summed E-state index contributed by atoms with van der Waals surface area (Å²) in [4.78, 5) is 24.6. The average molecular weight is 409 g/mol. The molecule has 2 amide bonds. The van der Waals surface area contributed by atoms with E-state index in [0.717, 1.165) is 16.4 Å². The van der Waals surface area contributed by atoms with Crippen LogP contribution in [-0.2, 0) is 4.79 Å². The van der Waals surface area contributed by atoms with E-state index in [9.17, 15) is 9.59 Å². The average Bonchev–Trinajstić information content (AvgIpc) is 2.80. The standard InChI is InChI=1S/C13H14ClIN2O3/c14-10-6-8(15)3-4-11(10)16-13(20)17-5-1-2-9(17)7-12(18)19/h3-4,6,9H,1-2,5,7H2,(H,16,20)(H,18,19). The molecule has 108 valence electrons. The molecule has 1 aliphatic rings. The molecule has 7 heteroatoms. The minimum Gasteiger partial charge on any atom is -0.481 e. The molecule has 2 rings (SSSR count). The van der Waals surface area contributed by atoms with Gasteiger partial charge in [0.05, 0.1) is 17.1 Å². The van der Waals surface area contributed by atoms with E-state index in [1.807, 2.05) is 6.07 Å². The predicted octanol–water partition coefficient (Wildman–Crippen LogP) is 3.42. The Morgan fingerprint density at radius 3 is 2.90 bits per heavy atom. The van der Waals surface area contributed by atoms with Crippen LogP contribution in [0, 0.1) is 3.57 Å². The Morgan fingerprint density at radius 2 is 2.25 bits per heavy atom. The monoisotopic (exact) mass is 408 g/mol. The van der Waals surface area contributed by atoms with E-state index in [-0.39, 0.29) is 18.5 Å². The molecule has 1 heterocycles. The van der Waals surface area contributed by atoms with E-state index in [1.165, 1.54) is 0 Å². The maximum atomic E-state index is 12.2. The predicted molar refractivity (Wildman–Crippen MR) is 85.2 cm³/mol. The fraction of sp³-hybridized carbons (Fsp3) is 0.385. The number of carboxylic acids is 1. The summed E-state index contributed by atoms with van der Waals surface area (Å²) in [7, 11) is 0. The van der Waals surface area contributed by atoms with E-state index in [1.54, 1.807) is 17.0 Å². The van der Waals surface area contributed by atoms with Crippen molar-refractivity contribution in [1.82, 2.24) is 4.90 Å². The van der Waals surface area contributed by atoms with Gasteiger partial charge in [0, 0.05) is 16.2 Å². The number of carbonyl (C=O) groups excluding carboxylic acids is 1. The summed E-state index contributed by atoms with van der Waals surface area (Å²) in [6.07, 6.45) is 1.53. The summed E-state index contributed by atoms with van der Waals surface area (Å²) >= 11 is 8.21. The number of carbonyl (C=O) groups is 2. The van der Waals surface area contributed by atoms with Gasteiger partial charge >= 0.3 is 12.0 Å². The van der Waals surface area contributed by atoms with Crippen molar-refractivity contribution in [1.29, 1.82) is 0 Å². The molecule has 5 nitrogen and oxygen atoms in total. The van der Waals surface area contributed by atoms with Crippen molar-refractivity contribution < 1.29 is 14.7 Å². The van der Waals surface area contributed by atoms with Crippen LogP contribution in [0.3, 0.4) is 0 Å². The Balaban J connectivity index is 2.05. The summed E-state index contributed by atoms with van der Waals surface area (Å²) < 4.78 is 0.982. The number of amides is 2. The number of halogens is 2. The lowest BCUT2D eigenvalue weighted by Gasteiger charge is -2.24. The van der Waals surface area contributed by atoms with Gasteiger partial charge in [-0.05, 0) is 53.6 Å². The zero-order valence-electron chi connectivity index (χ0n) is 10.6. The molecule has 1 saturated heterocycles. The van der Waals surface area contributed by atoms with E-state index < -0.39 is 5.97 Å². The zero-order chi connectivity index (χ0) is 14.7. The van der Waals surface area contributed by atoms with Gasteiger partial charge in [-0.2, -0.15) is 0 Å². The molecule has 0 aromatic heterocycles. The second kappa shape index (κ2) is 6.62. The van der Waals surface area contributed by atoms with Crippen molar-refractivity contribution in [3.8, 4) is 0 Å². The molecule has 1 aromatic rings. The van der Waals surface area contributed by atoms with Crippen LogP contribution in [0.2, 0.25) is 5.02 Å². The normalized spacial score (nSPS) is 18.1. The van der Waals surface area contributed by atoms with Crippen LogP contribution in [0.25, 0.3) is 0 Å². The van der Waals surface area contributed by atoms with Crippen molar-refractivity contribution in [2.24, 2.45) is 0 Å². The SMILES string of the molecule is O=C(O)CC1CCCN1C(=O)Nc1ccc(I)cc1Cl. The fourth-order valence-corrected chi connectivity index (χ4v) is 3.20. The number of hydrogen-bond donors (Lipinski definition) is 2. The van der Waals surface area contributed by atoms with Crippen LogP contribution in [0.5, 0.6) is 0 Å². The smallest absolute Gasteiger partial charge is 0.322 e. The quantitative estimate of drug-likeness (QED) is 0.753. The Morgan fingerprint density at radius 1 is 1.50 bits per heavy atom. The minimum absolute atomic E-state index is 0.0200. The Hall–Kier alpha value is -1.02. The lowest BCUT2D eigenvalue weighted by atomic mass is 10.1. The molecule has 0 radical (unpaired) electrons. The van der Waals surface area contributed by atoms with Crippen molar-refractivity contribution in [3.05, 3.63) is 26.8 Å². The number of urea groups is 1. The van der Waals surface area contributed by atoms with Gasteiger partial charge in [0.15, 0.2) is 0 Å². The van der Waals surface area contributed by atoms with Crippen LogP contribution >= 0.6 is 34.2 Å². The molecule has 0 aliphatic carbocycles. The molecule has 0 saturated carbocycles. The molecular weight excluding hydrogens is 395 g/mol. The lowest BCUT2D eigenvalue weighted by Crippen LogP contribution is -2.39. The molecular formula is C13H14ClIN2O3. The van der Waals surface area contributed by atoms with Crippen molar-refractivity contribution >= 4 is 51.9 Å². The van der Waals surface area contributed by atoms with Gasteiger partial charge in [-0.1, -0.05) is 11.6 Å². The highest BCUT2D eigenvalue weighted by Crippen LogP contribution is 2.26. The molecule has 1 unspecified atom stereocenters. The van der Waals surface area contributed by atoms with Gasteiger partial charge in [0.1, 0.15) is 0 Å². The molecule has 1 fully saturated rings. The van der Waals surface area contributed by atoms with E-state index in [4.69, 9.17) is 16.7 Å². The molecule has 0 bridgehead atoms. The number of carboxylic acid groups (broad SMARTS) is 1. The highest BCUT2D eigenvalue weighted by Gasteiger charge is 2.30. The maximum Gasteiger partial charge on any atom is 0.322 e. The van der Waals surface area contributed by atoms with Gasteiger partial charge in [-0.15, -0.1) is 0 Å². The molecule has 2 N–H and O–H groups in total. The summed E-state index contributed by atoms with van der Waals surface area (Å²) in [6.45, 7) is 0.575. The molecule has 0 spiro atoms. The van der Waals surface area contributed by atoms with E-state index >= 15 is 0 Å². The lowest BCUT2D eigenvalue weighted by molar-refractivity contribution is -0.137. The topological polar surface area (TPSA) is 69.6 Å².